The first-order valence-corrected chi connectivity index (χ1v) is 24.6. The maximum Gasteiger partial charge on any atom is 0.245 e. The molecule has 20 N–H and O–H groups in total. The number of aromatic nitrogens is 1. The van der Waals surface area contributed by atoms with Crippen molar-refractivity contribution in [3.8, 4) is 0 Å². The Labute approximate surface area is 407 Å². The van der Waals surface area contributed by atoms with Crippen molar-refractivity contribution < 1.29 is 38.7 Å². The van der Waals surface area contributed by atoms with Crippen LogP contribution in [-0.4, -0.2) is 136 Å². The molecule has 1 aromatic heterocycles. The van der Waals surface area contributed by atoms with E-state index < -0.39 is 95.0 Å². The summed E-state index contributed by atoms with van der Waals surface area (Å²) in [5, 5.41) is 27.2. The number of fused-ring (bicyclic) bond motifs is 1. The average molecular weight is 996 g/mol. The van der Waals surface area contributed by atoms with Gasteiger partial charge in [0.25, 0.3) is 0 Å². The lowest BCUT2D eigenvalue weighted by Gasteiger charge is -2.33. The number of carbonyl (C=O) groups is 7. The van der Waals surface area contributed by atoms with Crippen molar-refractivity contribution in [3.05, 3.63) is 71.9 Å². The zero-order chi connectivity index (χ0) is 50.7. The zero-order valence-corrected chi connectivity index (χ0v) is 40.2. The molecule has 0 bridgehead atoms. The molecule has 25 heteroatoms. The molecule has 7 amide bonds. The second kappa shape index (κ2) is 26.8. The summed E-state index contributed by atoms with van der Waals surface area (Å²) in [7, 11) is 2.37. The van der Waals surface area contributed by atoms with Gasteiger partial charge in [-0.1, -0.05) is 70.1 Å². The molecule has 2 heterocycles. The van der Waals surface area contributed by atoms with Crippen molar-refractivity contribution in [1.29, 1.82) is 0 Å². The monoisotopic (exact) mass is 995 g/mol. The molecular weight excluding hydrogens is 931 g/mol. The Morgan fingerprint density at radius 1 is 0.754 bits per heavy atom. The molecule has 376 valence electrons. The minimum atomic E-state index is -1.62. The zero-order valence-electron chi connectivity index (χ0n) is 38.6. The van der Waals surface area contributed by atoms with E-state index in [0.29, 0.717) is 17.5 Å². The molecule has 69 heavy (non-hydrogen) atoms. The topological polar surface area (TPSA) is 409 Å². The molecule has 0 unspecified atom stereocenters. The van der Waals surface area contributed by atoms with Gasteiger partial charge in [0.1, 0.15) is 36.3 Å². The van der Waals surface area contributed by atoms with Crippen LogP contribution in [0.3, 0.4) is 0 Å². The van der Waals surface area contributed by atoms with Gasteiger partial charge in [0.2, 0.25) is 41.4 Å². The van der Waals surface area contributed by atoms with E-state index in [0.717, 1.165) is 10.9 Å². The number of aliphatic hydroxyl groups is 1. The SMILES string of the molecule is CC1(C)SSCC[C@H](NC(=O)[C@H](N)CCCN=C(N)N)C(=O)N[C@@H](CO)C(=O)N[C@H](Cc2ccccc2)C(=O)N[C@@H](CCCN=C(N)N)C(=O)N[C@@H](Cc2c[nH]c3ccccc23)C(=O)N[C@@H]1C(N)=O. The highest BCUT2D eigenvalue weighted by atomic mass is 33.1. The maximum atomic E-state index is 14.5. The van der Waals surface area contributed by atoms with Gasteiger partial charge in [0, 0.05) is 53.5 Å². The lowest BCUT2D eigenvalue weighted by atomic mass is 9.99. The number of guanidine groups is 2. The number of aliphatic hydroxyl groups excluding tert-OH is 1. The van der Waals surface area contributed by atoms with Crippen LogP contribution < -0.4 is 66.3 Å². The van der Waals surface area contributed by atoms with E-state index in [9.17, 15) is 38.7 Å². The largest absolute Gasteiger partial charge is 0.394 e. The van der Waals surface area contributed by atoms with Crippen LogP contribution in [0.2, 0.25) is 0 Å². The second-order valence-electron chi connectivity index (χ2n) is 16.9. The number of carbonyl (C=O) groups excluding carboxylic acids is 7. The number of H-pyrrole nitrogens is 1. The fraction of sp³-hybridized carbons (Fsp3) is 0.477. The summed E-state index contributed by atoms with van der Waals surface area (Å²) >= 11 is 0. The number of primary amides is 1. The van der Waals surface area contributed by atoms with E-state index in [4.69, 9.17) is 34.4 Å². The second-order valence-corrected chi connectivity index (χ2v) is 20.0. The van der Waals surface area contributed by atoms with E-state index >= 15 is 0 Å². The number of benzene rings is 2. The summed E-state index contributed by atoms with van der Waals surface area (Å²) in [6.07, 6.45) is 2.14. The highest BCUT2D eigenvalue weighted by Gasteiger charge is 2.39. The van der Waals surface area contributed by atoms with Crippen LogP contribution in [0.5, 0.6) is 0 Å². The molecule has 1 aliphatic rings. The smallest absolute Gasteiger partial charge is 0.245 e. The quantitative estimate of drug-likeness (QED) is 0.0301. The van der Waals surface area contributed by atoms with Crippen LogP contribution >= 0.6 is 21.6 Å². The van der Waals surface area contributed by atoms with Gasteiger partial charge >= 0.3 is 0 Å². The fourth-order valence-electron chi connectivity index (χ4n) is 7.28. The van der Waals surface area contributed by atoms with Crippen LogP contribution in [-0.2, 0) is 46.4 Å². The number of nitrogens with one attached hydrogen (secondary N) is 7. The number of aliphatic imine (C=N–C) groups is 2. The fourth-order valence-corrected chi connectivity index (χ4v) is 10.0. The third kappa shape index (κ3) is 17.5. The third-order valence-corrected chi connectivity index (χ3v) is 14.3. The number of para-hydroxylation sites is 1. The van der Waals surface area contributed by atoms with E-state index in [1.54, 1.807) is 50.4 Å². The molecule has 0 radical (unpaired) electrons. The van der Waals surface area contributed by atoms with Crippen molar-refractivity contribution in [2.24, 2.45) is 44.4 Å². The molecule has 1 aliphatic heterocycles. The van der Waals surface area contributed by atoms with Crippen LogP contribution in [0, 0.1) is 0 Å². The maximum absolute atomic E-state index is 14.5. The first kappa shape index (κ1) is 55.0. The number of hydrogen-bond acceptors (Lipinski definition) is 13. The van der Waals surface area contributed by atoms with E-state index in [2.05, 4.69) is 46.9 Å². The number of rotatable bonds is 16. The number of nitrogens with zero attached hydrogens (tertiary/aromatic N) is 2. The van der Waals surface area contributed by atoms with Crippen LogP contribution in [0.4, 0.5) is 0 Å². The van der Waals surface area contributed by atoms with Crippen molar-refractivity contribution in [2.45, 2.75) is 106 Å². The highest BCUT2D eigenvalue weighted by molar-refractivity contribution is 8.77. The van der Waals surface area contributed by atoms with Gasteiger partial charge in [0.05, 0.1) is 12.6 Å². The van der Waals surface area contributed by atoms with E-state index in [-0.39, 0.29) is 69.3 Å². The van der Waals surface area contributed by atoms with E-state index in [1.165, 1.54) is 21.6 Å². The summed E-state index contributed by atoms with van der Waals surface area (Å²) in [5.41, 5.74) is 36.0. The average Bonchev–Trinajstić information content (AvgIpc) is 3.71. The molecule has 1 fully saturated rings. The molecule has 2 aromatic carbocycles. The first-order chi connectivity index (χ1) is 32.8. The van der Waals surface area contributed by atoms with Crippen LogP contribution in [0.25, 0.3) is 10.9 Å². The third-order valence-electron chi connectivity index (χ3n) is 11.0. The molecule has 7 atom stereocenters. The molecule has 0 spiro atoms. The Kier molecular flexibility index (Phi) is 21.4. The van der Waals surface area contributed by atoms with Crippen molar-refractivity contribution in [2.75, 3.05) is 25.4 Å². The predicted octanol–water partition coefficient (Wildman–Crippen LogP) is -2.66. The normalized spacial score (nSPS) is 22.5. The van der Waals surface area contributed by atoms with Crippen molar-refractivity contribution in [3.63, 3.8) is 0 Å². The minimum Gasteiger partial charge on any atom is -0.394 e. The molecule has 0 aliphatic carbocycles. The first-order valence-electron chi connectivity index (χ1n) is 22.3. The van der Waals surface area contributed by atoms with Crippen molar-refractivity contribution in [1.82, 2.24) is 36.9 Å². The summed E-state index contributed by atoms with van der Waals surface area (Å²) < 4.78 is -1.12. The number of hydrogen-bond donors (Lipinski definition) is 14. The molecule has 1 saturated heterocycles. The van der Waals surface area contributed by atoms with Gasteiger partial charge in [-0.3, -0.25) is 43.5 Å². The Morgan fingerprint density at radius 3 is 1.97 bits per heavy atom. The summed E-state index contributed by atoms with van der Waals surface area (Å²) in [5.74, 6) is -5.92. The standard InChI is InChI=1S/C44H65N15O8S2/c1-44(2)34(35(46)61)59-40(66)32(21-25-22-53-28-14-7-6-12-26(25)28)57-37(63)29(15-9-18-52-43(49)50)55-39(65)31(20-24-10-4-3-5-11-24)56-41(67)33(23-60)58-38(64)30(16-19-68-69-44)54-36(62)27(45)13-8-17-51-42(47)48/h3-7,10-12,14,22,27,29-34,53,60H,8-9,13,15-21,23,45H2,1-2H3,(H2,46,61)(H,54,62)(H,55,65)(H,56,67)(H,57,63)(H,58,64)(H,59,66)(H4,47,48,51)(H4,49,50,52)/t27-,29+,30+,31-,32+,33+,34-/m1/s1. The number of amides is 7. The Bertz CT molecular complexity index is 2310. The lowest BCUT2D eigenvalue weighted by molar-refractivity contribution is -0.136. The van der Waals surface area contributed by atoms with Crippen LogP contribution in [0.15, 0.2) is 70.8 Å². The minimum absolute atomic E-state index is 0.0399. The molecule has 3 aromatic rings. The number of aromatic amines is 1. The highest BCUT2D eigenvalue weighted by Crippen LogP contribution is 2.39. The van der Waals surface area contributed by atoms with Gasteiger partial charge < -0.3 is 76.4 Å². The van der Waals surface area contributed by atoms with Gasteiger partial charge in [0.15, 0.2) is 11.9 Å². The molecule has 4 rings (SSSR count). The van der Waals surface area contributed by atoms with Crippen molar-refractivity contribution >= 4 is 85.8 Å². The summed E-state index contributed by atoms with van der Waals surface area (Å²) in [6, 6.07) is 6.60. The number of nitrogens with two attached hydrogens (primary N) is 6. The predicted molar refractivity (Wildman–Crippen MR) is 267 cm³/mol. The molecule has 0 saturated carbocycles. The Balaban J connectivity index is 1.76. The Hall–Kier alpha value is -6.57. The lowest BCUT2D eigenvalue weighted by Crippen LogP contribution is -2.62. The summed E-state index contributed by atoms with van der Waals surface area (Å²) in [4.78, 5) is 109. The van der Waals surface area contributed by atoms with Crippen LogP contribution in [0.1, 0.15) is 57.1 Å². The van der Waals surface area contributed by atoms with Gasteiger partial charge in [-0.05, 0) is 63.1 Å². The van der Waals surface area contributed by atoms with Gasteiger partial charge in [-0.15, -0.1) is 0 Å². The Morgan fingerprint density at radius 2 is 1.32 bits per heavy atom. The molecular formula is C44H65N15O8S2. The van der Waals surface area contributed by atoms with Gasteiger partial charge in [-0.2, -0.15) is 0 Å². The van der Waals surface area contributed by atoms with E-state index in [1.807, 2.05) is 24.3 Å². The van der Waals surface area contributed by atoms with Gasteiger partial charge in [-0.25, -0.2) is 0 Å². The summed E-state index contributed by atoms with van der Waals surface area (Å²) in [6.45, 7) is 2.72. The molecule has 23 nitrogen and oxygen atoms in total.